The average Bonchev–Trinajstić information content (AvgIpc) is 2.86. The number of halogens is 1. The van der Waals surface area contributed by atoms with Gasteiger partial charge in [0.25, 0.3) is 0 Å². The lowest BCUT2D eigenvalue weighted by atomic mass is 10.1. The van der Waals surface area contributed by atoms with Gasteiger partial charge in [0.2, 0.25) is 5.24 Å². The highest BCUT2D eigenvalue weighted by atomic mass is 35.5. The molecule has 0 saturated heterocycles. The molecule has 5 heteroatoms. The van der Waals surface area contributed by atoms with Crippen molar-refractivity contribution in [3.8, 4) is 0 Å². The third-order valence-electron chi connectivity index (χ3n) is 3.28. The van der Waals surface area contributed by atoms with E-state index in [-0.39, 0.29) is 6.42 Å². The summed E-state index contributed by atoms with van der Waals surface area (Å²) in [5.74, 6) is -0.467. The Hall–Kier alpha value is -2.59. The van der Waals surface area contributed by atoms with Gasteiger partial charge in [0.15, 0.2) is 0 Å². The normalized spacial score (nSPS) is 10.6. The van der Waals surface area contributed by atoms with Crippen LogP contribution >= 0.6 is 11.6 Å². The molecule has 2 aromatic carbocycles. The summed E-state index contributed by atoms with van der Waals surface area (Å²) in [6.07, 6.45) is 1.70. The van der Waals surface area contributed by atoms with E-state index in [1.54, 1.807) is 30.5 Å². The van der Waals surface area contributed by atoms with E-state index in [9.17, 15) is 9.59 Å². The number of benzene rings is 2. The summed E-state index contributed by atoms with van der Waals surface area (Å²) < 4.78 is 1.37. The maximum Gasteiger partial charge on any atom is 0.363 e. The summed E-state index contributed by atoms with van der Waals surface area (Å²) in [4.78, 5) is 28.7. The Bertz CT molecular complexity index is 839. The molecule has 0 fully saturated rings. The van der Waals surface area contributed by atoms with Crippen LogP contribution in [0, 0.1) is 0 Å². The lowest BCUT2D eigenvalue weighted by Gasteiger charge is -2.05. The fraction of sp³-hybridized carbons (Fsp3) is 0.0588. The molecule has 4 nitrogen and oxygen atoms in total. The highest BCUT2D eigenvalue weighted by molar-refractivity contribution is 6.63. The molecule has 0 aliphatic carbocycles. The van der Waals surface area contributed by atoms with E-state index in [4.69, 9.17) is 16.4 Å². The van der Waals surface area contributed by atoms with Crippen LogP contribution in [0.25, 0.3) is 10.9 Å². The number of carbonyl (C=O) groups is 2. The largest absolute Gasteiger partial charge is 0.363 e. The van der Waals surface area contributed by atoms with E-state index < -0.39 is 11.2 Å². The summed E-state index contributed by atoms with van der Waals surface area (Å²) in [7, 11) is 0. The summed E-state index contributed by atoms with van der Waals surface area (Å²) in [6, 6.07) is 16.1. The second kappa shape index (κ2) is 6.03. The molecular formula is C17H12ClNO3. The number of carbonyl (C=O) groups excluding carboxylic acids is 2. The van der Waals surface area contributed by atoms with E-state index >= 15 is 0 Å². The predicted molar refractivity (Wildman–Crippen MR) is 83.9 cm³/mol. The topological polar surface area (TPSA) is 48.3 Å². The minimum absolute atomic E-state index is 0.0813. The number of hydrogen-bond acceptors (Lipinski definition) is 3. The maximum atomic E-state index is 12.2. The van der Waals surface area contributed by atoms with Crippen molar-refractivity contribution in [1.82, 2.24) is 4.73 Å². The fourth-order valence-electron chi connectivity index (χ4n) is 2.30. The van der Waals surface area contributed by atoms with Crippen molar-refractivity contribution in [2.24, 2.45) is 0 Å². The van der Waals surface area contributed by atoms with Crippen molar-refractivity contribution in [2.45, 2.75) is 6.42 Å². The van der Waals surface area contributed by atoms with E-state index in [0.717, 1.165) is 10.9 Å². The number of hydrogen-bond donors (Lipinski definition) is 0. The first-order valence-electron chi connectivity index (χ1n) is 6.70. The molecule has 1 heterocycles. The molecule has 0 saturated carbocycles. The van der Waals surface area contributed by atoms with Crippen LogP contribution in [0.4, 0.5) is 0 Å². The molecule has 0 unspecified atom stereocenters. The number of fused-ring (bicyclic) bond motifs is 1. The minimum Gasteiger partial charge on any atom is -0.331 e. The van der Waals surface area contributed by atoms with Crippen molar-refractivity contribution >= 4 is 33.7 Å². The molecule has 3 aromatic rings. The SMILES string of the molecule is O=C(Cl)Cc1cn(OC(=O)c2ccccc2)c2ccccc12. The number of para-hydroxylation sites is 1. The van der Waals surface area contributed by atoms with Crippen molar-refractivity contribution in [3.63, 3.8) is 0 Å². The van der Waals surface area contributed by atoms with E-state index in [0.29, 0.717) is 11.1 Å². The molecule has 0 aliphatic rings. The third kappa shape index (κ3) is 2.87. The maximum absolute atomic E-state index is 12.2. The zero-order valence-electron chi connectivity index (χ0n) is 11.5. The molecule has 0 bridgehead atoms. The van der Waals surface area contributed by atoms with E-state index in [1.807, 2.05) is 30.3 Å². The predicted octanol–water partition coefficient (Wildman–Crippen LogP) is 3.22. The summed E-state index contributed by atoms with van der Waals surface area (Å²) >= 11 is 5.47. The van der Waals surface area contributed by atoms with Gasteiger partial charge in [-0.25, -0.2) is 4.79 Å². The van der Waals surface area contributed by atoms with Gasteiger partial charge in [0, 0.05) is 18.0 Å². The number of nitrogens with zero attached hydrogens (tertiary/aromatic N) is 1. The van der Waals surface area contributed by atoms with Crippen molar-refractivity contribution in [3.05, 3.63) is 71.9 Å². The van der Waals surface area contributed by atoms with E-state index in [2.05, 4.69) is 0 Å². The number of rotatable bonds is 4. The molecule has 0 aliphatic heterocycles. The van der Waals surface area contributed by atoms with Gasteiger partial charge >= 0.3 is 5.97 Å². The Morgan fingerprint density at radius 2 is 1.68 bits per heavy atom. The lowest BCUT2D eigenvalue weighted by molar-refractivity contribution is -0.111. The molecule has 0 radical (unpaired) electrons. The van der Waals surface area contributed by atoms with Gasteiger partial charge in [0.05, 0.1) is 11.1 Å². The lowest BCUT2D eigenvalue weighted by Crippen LogP contribution is -2.18. The fourth-order valence-corrected chi connectivity index (χ4v) is 2.44. The quantitative estimate of drug-likeness (QED) is 0.695. The highest BCUT2D eigenvalue weighted by Crippen LogP contribution is 2.21. The van der Waals surface area contributed by atoms with Gasteiger partial charge < -0.3 is 4.84 Å². The Kier molecular flexibility index (Phi) is 3.94. The van der Waals surface area contributed by atoms with Crippen LogP contribution in [0.15, 0.2) is 60.8 Å². The Labute approximate surface area is 131 Å². The van der Waals surface area contributed by atoms with Gasteiger partial charge in [-0.3, -0.25) is 4.79 Å². The van der Waals surface area contributed by atoms with Gasteiger partial charge in [-0.1, -0.05) is 36.4 Å². The molecule has 3 rings (SSSR count). The molecule has 0 amide bonds. The Morgan fingerprint density at radius 3 is 2.41 bits per heavy atom. The van der Waals surface area contributed by atoms with Crippen LogP contribution < -0.4 is 4.84 Å². The van der Waals surface area contributed by atoms with Gasteiger partial charge in [-0.2, -0.15) is 4.73 Å². The molecule has 0 N–H and O–H groups in total. The molecule has 0 atom stereocenters. The van der Waals surface area contributed by atoms with Crippen LogP contribution in [-0.2, 0) is 11.2 Å². The van der Waals surface area contributed by atoms with Crippen LogP contribution in [0.3, 0.4) is 0 Å². The monoisotopic (exact) mass is 313 g/mol. The van der Waals surface area contributed by atoms with Crippen molar-refractivity contribution in [2.75, 3.05) is 0 Å². The van der Waals surface area contributed by atoms with Gasteiger partial charge in [-0.15, -0.1) is 0 Å². The Morgan fingerprint density at radius 1 is 1.00 bits per heavy atom. The average molecular weight is 314 g/mol. The zero-order chi connectivity index (χ0) is 15.5. The first kappa shape index (κ1) is 14.4. The molecule has 0 spiro atoms. The number of aromatic nitrogens is 1. The summed E-state index contributed by atoms with van der Waals surface area (Å²) in [5.41, 5.74) is 1.88. The zero-order valence-corrected chi connectivity index (χ0v) is 12.3. The van der Waals surface area contributed by atoms with Crippen LogP contribution in [0.5, 0.6) is 0 Å². The van der Waals surface area contributed by atoms with Crippen LogP contribution in [-0.4, -0.2) is 15.9 Å². The minimum atomic E-state index is -0.467. The van der Waals surface area contributed by atoms with Gasteiger partial charge in [0.1, 0.15) is 0 Å². The molecule has 1 aromatic heterocycles. The molecular weight excluding hydrogens is 302 g/mol. The smallest absolute Gasteiger partial charge is 0.331 e. The van der Waals surface area contributed by atoms with E-state index in [1.165, 1.54) is 4.73 Å². The van der Waals surface area contributed by atoms with Crippen LogP contribution in [0.2, 0.25) is 0 Å². The standard InChI is InChI=1S/C17H12ClNO3/c18-16(20)10-13-11-19(15-9-5-4-8-14(13)15)22-17(21)12-6-2-1-3-7-12/h1-9,11H,10H2. The van der Waals surface area contributed by atoms with Crippen molar-refractivity contribution in [1.29, 1.82) is 0 Å². The molecule has 110 valence electrons. The van der Waals surface area contributed by atoms with Crippen molar-refractivity contribution < 1.29 is 14.4 Å². The third-order valence-corrected chi connectivity index (χ3v) is 3.41. The second-order valence-corrected chi connectivity index (χ2v) is 5.20. The van der Waals surface area contributed by atoms with Gasteiger partial charge in [-0.05, 0) is 35.4 Å². The summed E-state index contributed by atoms with van der Waals surface area (Å²) in [6.45, 7) is 0. The first-order valence-corrected chi connectivity index (χ1v) is 7.08. The molecule has 22 heavy (non-hydrogen) atoms. The Balaban J connectivity index is 1.97. The first-order chi connectivity index (χ1) is 10.6. The summed E-state index contributed by atoms with van der Waals surface area (Å²) in [5, 5.41) is 0.370. The second-order valence-electron chi connectivity index (χ2n) is 4.77. The van der Waals surface area contributed by atoms with Crippen LogP contribution in [0.1, 0.15) is 15.9 Å². The highest BCUT2D eigenvalue weighted by Gasteiger charge is 2.14.